The summed E-state index contributed by atoms with van der Waals surface area (Å²) in [6.07, 6.45) is 0. The Hall–Kier alpha value is -2.34. The molecular formula is C15H18N2O4. The molecule has 0 bridgehead atoms. The highest BCUT2D eigenvalue weighted by atomic mass is 16.5. The molecule has 112 valence electrons. The minimum atomic E-state index is -0.248. The first kappa shape index (κ1) is 15.1. The molecule has 0 aliphatic rings. The Balaban J connectivity index is 2.55. The molecule has 0 radical (unpaired) electrons. The van der Waals surface area contributed by atoms with Gasteiger partial charge in [-0.15, -0.1) is 0 Å². The summed E-state index contributed by atoms with van der Waals surface area (Å²) >= 11 is 0. The zero-order chi connectivity index (χ0) is 15.2. The van der Waals surface area contributed by atoms with Crippen LogP contribution in [0.5, 0.6) is 11.5 Å². The molecule has 1 aromatic heterocycles. The fraction of sp³-hybridized carbons (Fsp3) is 0.333. The lowest BCUT2D eigenvalue weighted by Gasteiger charge is -2.13. The number of nitrogens with zero attached hydrogens (tertiary/aromatic N) is 1. The minimum Gasteiger partial charge on any atom is -0.496 e. The Kier molecular flexibility index (Phi) is 4.94. The zero-order valence-electron chi connectivity index (χ0n) is 12.3. The second-order valence-corrected chi connectivity index (χ2v) is 4.25. The van der Waals surface area contributed by atoms with E-state index in [1.54, 1.807) is 26.4 Å². The van der Waals surface area contributed by atoms with Crippen molar-refractivity contribution in [2.24, 2.45) is 0 Å². The van der Waals surface area contributed by atoms with Crippen molar-refractivity contribution in [2.75, 3.05) is 20.8 Å². The summed E-state index contributed by atoms with van der Waals surface area (Å²) in [6.45, 7) is 2.67. The highest BCUT2D eigenvalue weighted by molar-refractivity contribution is 5.74. The van der Waals surface area contributed by atoms with Crippen molar-refractivity contribution in [2.45, 2.75) is 13.5 Å². The van der Waals surface area contributed by atoms with Crippen molar-refractivity contribution in [3.05, 3.63) is 40.4 Å². The van der Waals surface area contributed by atoms with E-state index in [9.17, 15) is 4.79 Å². The minimum absolute atomic E-state index is 0.247. The Morgan fingerprint density at radius 3 is 2.43 bits per heavy atom. The number of ether oxygens (including phenoxy) is 3. The third-order valence-corrected chi connectivity index (χ3v) is 2.92. The fourth-order valence-corrected chi connectivity index (χ4v) is 2.01. The molecule has 6 heteroatoms. The number of aromatic amines is 1. The SMILES string of the molecule is CCOCc1nc(-c2c(OC)cccc2OC)cc(=O)[nH]1. The standard InChI is InChI=1S/C15H18N2O4/c1-4-21-9-13-16-10(8-14(18)17-13)15-11(19-2)6-5-7-12(15)20-3/h5-8H,4,9H2,1-3H3,(H,16,17,18). The zero-order valence-corrected chi connectivity index (χ0v) is 12.3. The summed E-state index contributed by atoms with van der Waals surface area (Å²) in [6, 6.07) is 6.82. The predicted molar refractivity (Wildman–Crippen MR) is 78.7 cm³/mol. The maximum absolute atomic E-state index is 11.8. The van der Waals surface area contributed by atoms with Gasteiger partial charge in [0.1, 0.15) is 23.9 Å². The van der Waals surface area contributed by atoms with Gasteiger partial charge in [-0.1, -0.05) is 6.07 Å². The van der Waals surface area contributed by atoms with E-state index in [2.05, 4.69) is 9.97 Å². The first-order valence-corrected chi connectivity index (χ1v) is 6.59. The molecule has 0 saturated heterocycles. The van der Waals surface area contributed by atoms with Gasteiger partial charge in [-0.3, -0.25) is 4.79 Å². The van der Waals surface area contributed by atoms with Crippen molar-refractivity contribution in [1.29, 1.82) is 0 Å². The third-order valence-electron chi connectivity index (χ3n) is 2.92. The van der Waals surface area contributed by atoms with Crippen molar-refractivity contribution in [1.82, 2.24) is 9.97 Å². The first-order chi connectivity index (χ1) is 10.2. The molecule has 0 spiro atoms. The van der Waals surface area contributed by atoms with E-state index in [1.807, 2.05) is 13.0 Å². The van der Waals surface area contributed by atoms with Crippen LogP contribution in [0.4, 0.5) is 0 Å². The number of benzene rings is 1. The molecule has 0 atom stereocenters. The van der Waals surface area contributed by atoms with Gasteiger partial charge in [-0.25, -0.2) is 4.98 Å². The molecule has 0 fully saturated rings. The number of hydrogen-bond acceptors (Lipinski definition) is 5. The van der Waals surface area contributed by atoms with Crippen molar-refractivity contribution >= 4 is 0 Å². The highest BCUT2D eigenvalue weighted by Crippen LogP contribution is 2.36. The monoisotopic (exact) mass is 290 g/mol. The van der Waals surface area contributed by atoms with E-state index in [4.69, 9.17) is 14.2 Å². The number of aromatic nitrogens is 2. The highest BCUT2D eigenvalue weighted by Gasteiger charge is 2.15. The van der Waals surface area contributed by atoms with Gasteiger partial charge in [0.15, 0.2) is 0 Å². The maximum atomic E-state index is 11.8. The molecule has 2 aromatic rings. The van der Waals surface area contributed by atoms with Crippen molar-refractivity contribution in [3.63, 3.8) is 0 Å². The quantitative estimate of drug-likeness (QED) is 0.880. The topological polar surface area (TPSA) is 73.4 Å². The van der Waals surface area contributed by atoms with Crippen LogP contribution in [0.3, 0.4) is 0 Å². The Morgan fingerprint density at radius 1 is 1.19 bits per heavy atom. The average Bonchev–Trinajstić information content (AvgIpc) is 2.51. The number of nitrogens with one attached hydrogen (secondary N) is 1. The van der Waals surface area contributed by atoms with Crippen molar-refractivity contribution in [3.8, 4) is 22.8 Å². The van der Waals surface area contributed by atoms with Crippen LogP contribution in [0.2, 0.25) is 0 Å². The molecule has 6 nitrogen and oxygen atoms in total. The van der Waals surface area contributed by atoms with Crippen LogP contribution in [0, 0.1) is 0 Å². The number of hydrogen-bond donors (Lipinski definition) is 1. The van der Waals surface area contributed by atoms with E-state index in [1.165, 1.54) is 6.07 Å². The summed E-state index contributed by atoms with van der Waals surface area (Å²) in [7, 11) is 3.12. The Morgan fingerprint density at radius 2 is 1.86 bits per heavy atom. The van der Waals surface area contributed by atoms with Gasteiger partial charge in [0.05, 0.1) is 25.5 Å². The summed E-state index contributed by atoms with van der Waals surface area (Å²) in [5, 5.41) is 0. The van der Waals surface area contributed by atoms with Crippen LogP contribution in [-0.2, 0) is 11.3 Å². The van der Waals surface area contributed by atoms with Crippen LogP contribution >= 0.6 is 0 Å². The summed E-state index contributed by atoms with van der Waals surface area (Å²) in [4.78, 5) is 18.9. The van der Waals surface area contributed by atoms with E-state index in [0.29, 0.717) is 35.2 Å². The van der Waals surface area contributed by atoms with Crippen LogP contribution in [0.25, 0.3) is 11.3 Å². The van der Waals surface area contributed by atoms with E-state index in [-0.39, 0.29) is 12.2 Å². The molecule has 1 heterocycles. The van der Waals surface area contributed by atoms with Crippen LogP contribution in [0.1, 0.15) is 12.7 Å². The molecule has 1 aromatic carbocycles. The Labute approximate surface area is 122 Å². The molecule has 0 amide bonds. The number of rotatable bonds is 6. The van der Waals surface area contributed by atoms with E-state index in [0.717, 1.165) is 0 Å². The third kappa shape index (κ3) is 3.41. The maximum Gasteiger partial charge on any atom is 0.251 e. The lowest BCUT2D eigenvalue weighted by molar-refractivity contribution is 0.128. The normalized spacial score (nSPS) is 10.4. The van der Waals surface area contributed by atoms with E-state index < -0.39 is 0 Å². The van der Waals surface area contributed by atoms with Gasteiger partial charge < -0.3 is 19.2 Å². The smallest absolute Gasteiger partial charge is 0.251 e. The van der Waals surface area contributed by atoms with Gasteiger partial charge in [-0.2, -0.15) is 0 Å². The molecule has 21 heavy (non-hydrogen) atoms. The average molecular weight is 290 g/mol. The number of methoxy groups -OCH3 is 2. The second kappa shape index (κ2) is 6.90. The largest absolute Gasteiger partial charge is 0.496 e. The van der Waals surface area contributed by atoms with Gasteiger partial charge in [0.2, 0.25) is 0 Å². The van der Waals surface area contributed by atoms with Crippen LogP contribution < -0.4 is 15.0 Å². The van der Waals surface area contributed by atoms with Gasteiger partial charge in [-0.05, 0) is 19.1 Å². The first-order valence-electron chi connectivity index (χ1n) is 6.59. The Bertz CT molecular complexity index is 645. The van der Waals surface area contributed by atoms with Gasteiger partial charge in [0, 0.05) is 12.7 Å². The van der Waals surface area contributed by atoms with Crippen LogP contribution in [-0.4, -0.2) is 30.8 Å². The molecule has 2 rings (SSSR count). The molecule has 0 unspecified atom stereocenters. The predicted octanol–water partition coefficient (Wildman–Crippen LogP) is 1.99. The molecule has 0 aliphatic heterocycles. The second-order valence-electron chi connectivity index (χ2n) is 4.25. The van der Waals surface area contributed by atoms with Crippen LogP contribution in [0.15, 0.2) is 29.1 Å². The van der Waals surface area contributed by atoms with E-state index >= 15 is 0 Å². The molecule has 0 saturated carbocycles. The molecule has 0 aliphatic carbocycles. The summed E-state index contributed by atoms with van der Waals surface area (Å²) in [5.74, 6) is 1.65. The molecule has 1 N–H and O–H groups in total. The van der Waals surface area contributed by atoms with Gasteiger partial charge >= 0.3 is 0 Å². The summed E-state index contributed by atoms with van der Waals surface area (Å²) in [5.41, 5.74) is 0.886. The lowest BCUT2D eigenvalue weighted by Crippen LogP contribution is -2.12. The van der Waals surface area contributed by atoms with Gasteiger partial charge in [0.25, 0.3) is 5.56 Å². The van der Waals surface area contributed by atoms with Crippen molar-refractivity contribution < 1.29 is 14.2 Å². The fourth-order valence-electron chi connectivity index (χ4n) is 2.01. The molecular weight excluding hydrogens is 272 g/mol. The summed E-state index contributed by atoms with van der Waals surface area (Å²) < 4.78 is 16.0. The number of H-pyrrole nitrogens is 1. The lowest BCUT2D eigenvalue weighted by atomic mass is 10.1.